The molecular formula is C12H20N2O7. The van der Waals surface area contributed by atoms with Crippen LogP contribution in [-0.2, 0) is 19.1 Å². The first-order chi connectivity index (χ1) is 9.68. The zero-order valence-corrected chi connectivity index (χ0v) is 12.2. The van der Waals surface area contributed by atoms with Crippen LogP contribution in [0.1, 0.15) is 20.8 Å². The van der Waals surface area contributed by atoms with E-state index in [0.29, 0.717) is 4.90 Å². The van der Waals surface area contributed by atoms with Gasteiger partial charge in [-0.1, -0.05) is 0 Å². The highest BCUT2D eigenvalue weighted by molar-refractivity contribution is 5.86. The third-order valence-corrected chi connectivity index (χ3v) is 2.40. The summed E-state index contributed by atoms with van der Waals surface area (Å²) in [6.07, 6.45) is 0. The van der Waals surface area contributed by atoms with Gasteiger partial charge in [0.05, 0.1) is 6.61 Å². The van der Waals surface area contributed by atoms with Crippen LogP contribution < -0.4 is 0 Å². The van der Waals surface area contributed by atoms with Crippen molar-refractivity contribution in [1.29, 1.82) is 0 Å². The first-order valence-electron chi connectivity index (χ1n) is 6.33. The number of nitrogens with zero attached hydrogens (tertiary/aromatic N) is 2. The van der Waals surface area contributed by atoms with Crippen molar-refractivity contribution in [3.05, 3.63) is 0 Å². The SMILES string of the molecule is CCOC(=O)CN(C(=O)N(CC(=O)O)CC(=O)O)C(C)C. The molecule has 0 aromatic heterocycles. The zero-order valence-electron chi connectivity index (χ0n) is 12.2. The molecule has 0 spiro atoms. The van der Waals surface area contributed by atoms with E-state index in [1.54, 1.807) is 20.8 Å². The van der Waals surface area contributed by atoms with E-state index in [1.807, 2.05) is 0 Å². The lowest BCUT2D eigenvalue weighted by atomic mass is 10.3. The van der Waals surface area contributed by atoms with Gasteiger partial charge >= 0.3 is 23.9 Å². The molecule has 0 aromatic carbocycles. The van der Waals surface area contributed by atoms with Crippen LogP contribution in [0.3, 0.4) is 0 Å². The number of rotatable bonds is 8. The van der Waals surface area contributed by atoms with Crippen molar-refractivity contribution < 1.29 is 34.1 Å². The maximum Gasteiger partial charge on any atom is 0.325 e. The van der Waals surface area contributed by atoms with Gasteiger partial charge in [0.1, 0.15) is 19.6 Å². The minimum Gasteiger partial charge on any atom is -0.480 e. The van der Waals surface area contributed by atoms with Crippen LogP contribution in [0.5, 0.6) is 0 Å². The molecule has 0 radical (unpaired) electrons. The van der Waals surface area contributed by atoms with Crippen LogP contribution in [0.15, 0.2) is 0 Å². The van der Waals surface area contributed by atoms with E-state index < -0.39 is 43.1 Å². The monoisotopic (exact) mass is 304 g/mol. The highest BCUT2D eigenvalue weighted by Crippen LogP contribution is 2.06. The van der Waals surface area contributed by atoms with E-state index in [2.05, 4.69) is 0 Å². The van der Waals surface area contributed by atoms with E-state index in [0.717, 1.165) is 4.90 Å². The van der Waals surface area contributed by atoms with Crippen molar-refractivity contribution in [2.45, 2.75) is 26.8 Å². The molecule has 0 aromatic rings. The third-order valence-electron chi connectivity index (χ3n) is 2.40. The fourth-order valence-corrected chi connectivity index (χ4v) is 1.52. The summed E-state index contributed by atoms with van der Waals surface area (Å²) in [4.78, 5) is 46.8. The summed E-state index contributed by atoms with van der Waals surface area (Å²) in [5, 5.41) is 17.5. The predicted octanol–water partition coefficient (Wildman–Crippen LogP) is -0.149. The molecule has 9 heteroatoms. The summed E-state index contributed by atoms with van der Waals surface area (Å²) in [5.74, 6) is -3.33. The average Bonchev–Trinajstić information content (AvgIpc) is 2.33. The van der Waals surface area contributed by atoms with Gasteiger partial charge in [-0.05, 0) is 20.8 Å². The molecule has 0 heterocycles. The van der Waals surface area contributed by atoms with Gasteiger partial charge < -0.3 is 24.7 Å². The number of amides is 2. The molecule has 0 aliphatic heterocycles. The number of urea groups is 1. The van der Waals surface area contributed by atoms with Crippen LogP contribution in [0, 0.1) is 0 Å². The van der Waals surface area contributed by atoms with Crippen LogP contribution in [0.4, 0.5) is 4.79 Å². The topological polar surface area (TPSA) is 124 Å². The van der Waals surface area contributed by atoms with Crippen molar-refractivity contribution in [2.75, 3.05) is 26.2 Å². The Morgan fingerprint density at radius 3 is 1.81 bits per heavy atom. The smallest absolute Gasteiger partial charge is 0.325 e. The summed E-state index contributed by atoms with van der Waals surface area (Å²) in [7, 11) is 0. The maximum atomic E-state index is 12.2. The van der Waals surface area contributed by atoms with Gasteiger partial charge in [0, 0.05) is 6.04 Å². The van der Waals surface area contributed by atoms with Crippen molar-refractivity contribution in [1.82, 2.24) is 9.80 Å². The number of aliphatic carboxylic acids is 2. The Bertz CT molecular complexity index is 392. The van der Waals surface area contributed by atoms with Gasteiger partial charge in [-0.2, -0.15) is 0 Å². The molecule has 0 fully saturated rings. The Kier molecular flexibility index (Phi) is 7.80. The molecule has 21 heavy (non-hydrogen) atoms. The molecule has 0 atom stereocenters. The molecule has 0 rings (SSSR count). The second-order valence-corrected chi connectivity index (χ2v) is 4.45. The summed E-state index contributed by atoms with van der Waals surface area (Å²) < 4.78 is 4.73. The van der Waals surface area contributed by atoms with Gasteiger partial charge in [0.2, 0.25) is 0 Å². The van der Waals surface area contributed by atoms with E-state index >= 15 is 0 Å². The summed E-state index contributed by atoms with van der Waals surface area (Å²) >= 11 is 0. The first kappa shape index (κ1) is 18.7. The Morgan fingerprint density at radius 2 is 1.48 bits per heavy atom. The highest BCUT2D eigenvalue weighted by atomic mass is 16.5. The number of carboxylic acids is 2. The minimum atomic E-state index is -1.34. The lowest BCUT2D eigenvalue weighted by molar-refractivity contribution is -0.144. The average molecular weight is 304 g/mol. The van der Waals surface area contributed by atoms with Crippen LogP contribution >= 0.6 is 0 Å². The minimum absolute atomic E-state index is 0.146. The molecule has 0 unspecified atom stereocenters. The fourth-order valence-electron chi connectivity index (χ4n) is 1.52. The van der Waals surface area contributed by atoms with E-state index in [9.17, 15) is 19.2 Å². The van der Waals surface area contributed by atoms with Crippen molar-refractivity contribution >= 4 is 23.9 Å². The van der Waals surface area contributed by atoms with Gasteiger partial charge in [0.25, 0.3) is 0 Å². The van der Waals surface area contributed by atoms with Crippen molar-refractivity contribution in [3.8, 4) is 0 Å². The number of carbonyl (C=O) groups excluding carboxylic acids is 2. The molecule has 0 aliphatic rings. The molecule has 0 aliphatic carbocycles. The Labute approximate surface area is 122 Å². The predicted molar refractivity (Wildman–Crippen MR) is 70.7 cm³/mol. The summed E-state index contributed by atoms with van der Waals surface area (Å²) in [5.41, 5.74) is 0. The Hall–Kier alpha value is -2.32. The highest BCUT2D eigenvalue weighted by Gasteiger charge is 2.28. The van der Waals surface area contributed by atoms with E-state index in [-0.39, 0.29) is 13.2 Å². The number of ether oxygens (including phenoxy) is 1. The molecule has 120 valence electrons. The van der Waals surface area contributed by atoms with E-state index in [4.69, 9.17) is 14.9 Å². The summed E-state index contributed by atoms with van der Waals surface area (Å²) in [6, 6.07) is -1.27. The molecule has 0 saturated carbocycles. The number of hydrogen-bond acceptors (Lipinski definition) is 5. The second kappa shape index (κ2) is 8.77. The summed E-state index contributed by atoms with van der Waals surface area (Å²) in [6.45, 7) is 3.09. The Balaban J connectivity index is 5.06. The number of hydrogen-bond donors (Lipinski definition) is 2. The standard InChI is InChI=1S/C12H20N2O7/c1-4-21-11(19)7-14(8(2)3)12(20)13(5-9(15)16)6-10(17)18/h8H,4-7H2,1-3H3,(H,15,16)(H,17,18). The quantitative estimate of drug-likeness (QED) is 0.597. The first-order valence-corrected chi connectivity index (χ1v) is 6.33. The fraction of sp³-hybridized carbons (Fsp3) is 0.667. The lowest BCUT2D eigenvalue weighted by Crippen LogP contribution is -2.51. The lowest BCUT2D eigenvalue weighted by Gasteiger charge is -2.31. The largest absolute Gasteiger partial charge is 0.480 e. The van der Waals surface area contributed by atoms with Gasteiger partial charge in [0.15, 0.2) is 0 Å². The molecule has 0 saturated heterocycles. The molecule has 0 bridgehead atoms. The van der Waals surface area contributed by atoms with Gasteiger partial charge in [-0.15, -0.1) is 0 Å². The van der Waals surface area contributed by atoms with Gasteiger partial charge in [-0.3, -0.25) is 14.4 Å². The molecule has 2 N–H and O–H groups in total. The van der Waals surface area contributed by atoms with E-state index in [1.165, 1.54) is 0 Å². The Morgan fingerprint density at radius 1 is 1.00 bits per heavy atom. The zero-order chi connectivity index (χ0) is 16.6. The third kappa shape index (κ3) is 7.14. The molecule has 2 amide bonds. The number of esters is 1. The maximum absolute atomic E-state index is 12.2. The molecular weight excluding hydrogens is 284 g/mol. The number of carboxylic acid groups (broad SMARTS) is 2. The van der Waals surface area contributed by atoms with Crippen LogP contribution in [0.25, 0.3) is 0 Å². The van der Waals surface area contributed by atoms with Gasteiger partial charge in [-0.25, -0.2) is 4.79 Å². The number of carbonyl (C=O) groups is 4. The van der Waals surface area contributed by atoms with Crippen molar-refractivity contribution in [3.63, 3.8) is 0 Å². The van der Waals surface area contributed by atoms with Crippen LogP contribution in [0.2, 0.25) is 0 Å². The second-order valence-electron chi connectivity index (χ2n) is 4.45. The normalized spacial score (nSPS) is 10.1. The van der Waals surface area contributed by atoms with Crippen LogP contribution in [-0.4, -0.2) is 76.2 Å². The molecule has 9 nitrogen and oxygen atoms in total. The van der Waals surface area contributed by atoms with Crippen molar-refractivity contribution in [2.24, 2.45) is 0 Å².